The van der Waals surface area contributed by atoms with Crippen molar-refractivity contribution in [3.8, 4) is 0 Å². The first-order chi connectivity index (χ1) is 9.22. The van der Waals surface area contributed by atoms with Crippen LogP contribution in [0.15, 0.2) is 18.2 Å². The number of aliphatic hydroxyl groups is 1. The number of benzene rings is 1. The Kier molecular flexibility index (Phi) is 5.10. The third kappa shape index (κ3) is 3.96. The molecule has 0 heterocycles. The second-order valence-corrected chi connectivity index (χ2v) is 4.91. The molecule has 0 fully saturated rings. The van der Waals surface area contributed by atoms with Crippen molar-refractivity contribution in [1.29, 1.82) is 0 Å². The number of nitrogens with zero attached hydrogens (tertiary/aromatic N) is 1. The fourth-order valence-corrected chi connectivity index (χ4v) is 1.88. The molecule has 110 valence electrons. The number of aliphatic carboxylic acids is 1. The van der Waals surface area contributed by atoms with Crippen LogP contribution in [0.5, 0.6) is 0 Å². The van der Waals surface area contributed by atoms with E-state index in [0.717, 1.165) is 11.1 Å². The number of carbonyl (C=O) groups is 2. The van der Waals surface area contributed by atoms with Crippen LogP contribution in [0.2, 0.25) is 0 Å². The molecule has 0 saturated carbocycles. The molecule has 0 spiro atoms. The van der Waals surface area contributed by atoms with Gasteiger partial charge in [0, 0.05) is 12.7 Å². The lowest BCUT2D eigenvalue weighted by Gasteiger charge is -2.23. The van der Waals surface area contributed by atoms with Crippen LogP contribution < -0.4 is 10.2 Å². The zero-order valence-corrected chi connectivity index (χ0v) is 12.0. The number of aliphatic hydroxyl groups excluding tert-OH is 1. The largest absolute Gasteiger partial charge is 0.480 e. The van der Waals surface area contributed by atoms with Gasteiger partial charge in [-0.2, -0.15) is 0 Å². The molecule has 0 radical (unpaired) electrons. The van der Waals surface area contributed by atoms with Gasteiger partial charge >= 0.3 is 12.0 Å². The van der Waals surface area contributed by atoms with Crippen molar-refractivity contribution in [3.63, 3.8) is 0 Å². The van der Waals surface area contributed by atoms with Crippen LogP contribution in [0, 0.1) is 13.8 Å². The Balaban J connectivity index is 2.88. The van der Waals surface area contributed by atoms with E-state index in [9.17, 15) is 14.7 Å². The number of nitrogens with one attached hydrogen (secondary N) is 1. The minimum Gasteiger partial charge on any atom is -0.480 e. The standard InChI is InChI=1S/C14H20N2O4/c1-8-5-9(2)7-11(6-8)16(4)14(20)15-12(10(3)17)13(18)19/h5-7,10,12,17H,1-4H3,(H,15,20)(H,18,19)/t10-,12+/m1/s1. The number of carbonyl (C=O) groups excluding carboxylic acids is 1. The summed E-state index contributed by atoms with van der Waals surface area (Å²) >= 11 is 0. The van der Waals surface area contributed by atoms with E-state index in [0.29, 0.717) is 5.69 Å². The molecule has 2 amide bonds. The van der Waals surface area contributed by atoms with Crippen molar-refractivity contribution in [2.45, 2.75) is 32.9 Å². The van der Waals surface area contributed by atoms with Gasteiger partial charge < -0.3 is 15.5 Å². The summed E-state index contributed by atoms with van der Waals surface area (Å²) < 4.78 is 0. The van der Waals surface area contributed by atoms with Crippen LogP contribution in [0.4, 0.5) is 10.5 Å². The SMILES string of the molecule is Cc1cc(C)cc(N(C)C(=O)N[C@H](C(=O)O)[C@@H](C)O)c1. The zero-order chi connectivity index (χ0) is 15.4. The van der Waals surface area contributed by atoms with Gasteiger partial charge in [0.1, 0.15) is 0 Å². The molecular weight excluding hydrogens is 260 g/mol. The summed E-state index contributed by atoms with van der Waals surface area (Å²) in [5.74, 6) is -1.28. The maximum atomic E-state index is 12.0. The van der Waals surface area contributed by atoms with Gasteiger partial charge in [-0.25, -0.2) is 9.59 Å². The number of anilines is 1. The topological polar surface area (TPSA) is 89.9 Å². The lowest BCUT2D eigenvalue weighted by atomic mass is 10.1. The predicted molar refractivity (Wildman–Crippen MR) is 76.0 cm³/mol. The minimum absolute atomic E-state index is 0.580. The van der Waals surface area contributed by atoms with E-state index < -0.39 is 24.1 Å². The summed E-state index contributed by atoms with van der Waals surface area (Å²) in [6, 6.07) is 3.71. The van der Waals surface area contributed by atoms with Crippen molar-refractivity contribution in [2.75, 3.05) is 11.9 Å². The average Bonchev–Trinajstić information content (AvgIpc) is 2.32. The molecule has 0 saturated heterocycles. The summed E-state index contributed by atoms with van der Waals surface area (Å²) in [5, 5.41) is 20.6. The second kappa shape index (κ2) is 6.38. The molecule has 6 nitrogen and oxygen atoms in total. The van der Waals surface area contributed by atoms with Gasteiger partial charge in [-0.05, 0) is 44.0 Å². The van der Waals surface area contributed by atoms with Gasteiger partial charge in [0.15, 0.2) is 6.04 Å². The highest BCUT2D eigenvalue weighted by Crippen LogP contribution is 2.17. The Labute approximate surface area is 118 Å². The smallest absolute Gasteiger partial charge is 0.328 e. The molecule has 0 aliphatic carbocycles. The number of aryl methyl sites for hydroxylation is 2. The fourth-order valence-electron chi connectivity index (χ4n) is 1.88. The molecule has 20 heavy (non-hydrogen) atoms. The van der Waals surface area contributed by atoms with Gasteiger partial charge in [0.2, 0.25) is 0 Å². The third-order valence-corrected chi connectivity index (χ3v) is 2.93. The van der Waals surface area contributed by atoms with E-state index in [2.05, 4.69) is 5.32 Å². The summed E-state index contributed by atoms with van der Waals surface area (Å²) in [4.78, 5) is 24.3. The Morgan fingerprint density at radius 3 is 2.10 bits per heavy atom. The highest BCUT2D eigenvalue weighted by Gasteiger charge is 2.26. The number of carboxylic acid groups (broad SMARTS) is 1. The number of carboxylic acids is 1. The lowest BCUT2D eigenvalue weighted by Crippen LogP contribution is -2.51. The number of rotatable bonds is 4. The molecule has 3 N–H and O–H groups in total. The number of hydrogen-bond donors (Lipinski definition) is 3. The van der Waals surface area contributed by atoms with Crippen LogP contribution in [-0.4, -0.2) is 41.4 Å². The quantitative estimate of drug-likeness (QED) is 0.775. The molecule has 1 aromatic rings. The molecule has 0 unspecified atom stereocenters. The predicted octanol–water partition coefficient (Wildman–Crippen LogP) is 1.28. The molecule has 1 rings (SSSR count). The Hall–Kier alpha value is -2.08. The highest BCUT2D eigenvalue weighted by atomic mass is 16.4. The van der Waals surface area contributed by atoms with Gasteiger partial charge in [-0.15, -0.1) is 0 Å². The van der Waals surface area contributed by atoms with Crippen LogP contribution in [0.3, 0.4) is 0 Å². The van der Waals surface area contributed by atoms with Crippen molar-refractivity contribution in [3.05, 3.63) is 29.3 Å². The third-order valence-electron chi connectivity index (χ3n) is 2.93. The summed E-state index contributed by atoms with van der Waals surface area (Å²) in [7, 11) is 1.55. The normalized spacial score (nSPS) is 13.4. The van der Waals surface area contributed by atoms with Gasteiger partial charge in [-0.1, -0.05) is 6.07 Å². The molecule has 0 aliphatic rings. The molecular formula is C14H20N2O4. The summed E-state index contributed by atoms with van der Waals surface area (Å²) in [5.41, 5.74) is 2.67. The van der Waals surface area contributed by atoms with Crippen molar-refractivity contribution >= 4 is 17.7 Å². The maximum absolute atomic E-state index is 12.0. The Morgan fingerprint density at radius 2 is 1.70 bits per heavy atom. The van der Waals surface area contributed by atoms with E-state index in [4.69, 9.17) is 5.11 Å². The Bertz CT molecular complexity index is 494. The molecule has 1 aromatic carbocycles. The van der Waals surface area contributed by atoms with E-state index in [1.165, 1.54) is 11.8 Å². The molecule has 0 bridgehead atoms. The van der Waals surface area contributed by atoms with Crippen molar-refractivity contribution < 1.29 is 19.8 Å². The van der Waals surface area contributed by atoms with Crippen LogP contribution >= 0.6 is 0 Å². The van der Waals surface area contributed by atoms with Gasteiger partial charge in [0.05, 0.1) is 6.10 Å². The fraction of sp³-hybridized carbons (Fsp3) is 0.429. The van der Waals surface area contributed by atoms with Crippen molar-refractivity contribution in [2.24, 2.45) is 0 Å². The van der Waals surface area contributed by atoms with E-state index >= 15 is 0 Å². The molecule has 0 aliphatic heterocycles. The van der Waals surface area contributed by atoms with E-state index in [-0.39, 0.29) is 0 Å². The van der Waals surface area contributed by atoms with E-state index in [1.807, 2.05) is 32.0 Å². The van der Waals surface area contributed by atoms with Crippen LogP contribution in [-0.2, 0) is 4.79 Å². The Morgan fingerprint density at radius 1 is 1.20 bits per heavy atom. The zero-order valence-electron chi connectivity index (χ0n) is 12.0. The first-order valence-electron chi connectivity index (χ1n) is 6.25. The minimum atomic E-state index is -1.34. The lowest BCUT2D eigenvalue weighted by molar-refractivity contribution is -0.141. The monoisotopic (exact) mass is 280 g/mol. The van der Waals surface area contributed by atoms with E-state index in [1.54, 1.807) is 7.05 Å². The maximum Gasteiger partial charge on any atom is 0.328 e. The highest BCUT2D eigenvalue weighted by molar-refractivity contribution is 5.94. The van der Waals surface area contributed by atoms with Crippen LogP contribution in [0.1, 0.15) is 18.1 Å². The summed E-state index contributed by atoms with van der Waals surface area (Å²) in [6.45, 7) is 5.14. The summed E-state index contributed by atoms with van der Waals surface area (Å²) in [6.07, 6.45) is -1.18. The first-order valence-corrected chi connectivity index (χ1v) is 6.25. The van der Waals surface area contributed by atoms with Gasteiger partial charge in [-0.3, -0.25) is 4.90 Å². The second-order valence-electron chi connectivity index (χ2n) is 4.91. The van der Waals surface area contributed by atoms with Crippen molar-refractivity contribution in [1.82, 2.24) is 5.32 Å². The molecule has 0 aromatic heterocycles. The van der Waals surface area contributed by atoms with Gasteiger partial charge in [0.25, 0.3) is 0 Å². The first kappa shape index (κ1) is 16.0. The molecule has 2 atom stereocenters. The number of urea groups is 1. The number of hydrogen-bond acceptors (Lipinski definition) is 3. The molecule has 6 heteroatoms. The number of amides is 2. The average molecular weight is 280 g/mol. The van der Waals surface area contributed by atoms with Crippen LogP contribution in [0.25, 0.3) is 0 Å².